The lowest BCUT2D eigenvalue weighted by atomic mass is 10.1. The number of amides is 1. The molecule has 0 N–H and O–H groups in total. The predicted octanol–water partition coefficient (Wildman–Crippen LogP) is 2.55. The molecule has 1 aliphatic rings. The largest absolute Gasteiger partial charge is 0.539 e. The van der Waals surface area contributed by atoms with Crippen molar-refractivity contribution in [3.63, 3.8) is 0 Å². The van der Waals surface area contributed by atoms with E-state index in [2.05, 4.69) is 8.37 Å². The first kappa shape index (κ1) is 19.6. The fourth-order valence-electron chi connectivity index (χ4n) is 1.74. The first-order chi connectivity index (χ1) is 10.2. The van der Waals surface area contributed by atoms with Crippen LogP contribution in [0.1, 0.15) is 27.7 Å². The Kier molecular flexibility index (Phi) is 5.57. The molecule has 1 heterocycles. The molecular formula is C12H18F3NO6S. The summed E-state index contributed by atoms with van der Waals surface area (Å²) in [4.78, 5) is 13.2. The van der Waals surface area contributed by atoms with E-state index in [1.807, 2.05) is 0 Å². The van der Waals surface area contributed by atoms with Crippen LogP contribution in [-0.2, 0) is 23.5 Å². The van der Waals surface area contributed by atoms with Gasteiger partial charge < -0.3 is 13.8 Å². The van der Waals surface area contributed by atoms with E-state index in [0.717, 1.165) is 0 Å². The maximum Gasteiger partial charge on any atom is 0.539 e. The molecule has 11 heteroatoms. The van der Waals surface area contributed by atoms with Crippen molar-refractivity contribution in [2.24, 2.45) is 5.92 Å². The molecule has 1 aliphatic heterocycles. The zero-order chi connectivity index (χ0) is 18.1. The zero-order valence-corrected chi connectivity index (χ0v) is 13.8. The minimum atomic E-state index is -5.38. The van der Waals surface area contributed by atoms with Gasteiger partial charge in [0.25, 0.3) is 0 Å². The van der Waals surface area contributed by atoms with Crippen molar-refractivity contribution in [3.8, 4) is 0 Å². The lowest BCUT2D eigenvalue weighted by Gasteiger charge is -2.32. The van der Waals surface area contributed by atoms with Gasteiger partial charge in [0.15, 0.2) is 0 Å². The third kappa shape index (κ3) is 7.08. The van der Waals surface area contributed by atoms with E-state index in [4.69, 9.17) is 4.74 Å². The highest BCUT2D eigenvalue weighted by Gasteiger charge is 2.39. The number of hydrogen-bond donors (Lipinski definition) is 0. The van der Waals surface area contributed by atoms with Gasteiger partial charge in [-0.2, -0.15) is 8.42 Å². The fraction of sp³-hybridized carbons (Fsp3) is 0.750. The van der Waals surface area contributed by atoms with Gasteiger partial charge in [-0.25, -0.2) is 4.79 Å². The Balaban J connectivity index is 2.74. The second-order valence-electron chi connectivity index (χ2n) is 5.91. The third-order valence-electron chi connectivity index (χ3n) is 2.54. The standard InChI is InChI=1S/C12H18F3NO6S/c1-8-7-16(10(17)20-11(2,3)4)6-5-9(8)21-23(18,19)22-12(13,14)15/h5,8H,6-7H2,1-4H3. The fourth-order valence-corrected chi connectivity index (χ4v) is 2.47. The highest BCUT2D eigenvalue weighted by molar-refractivity contribution is 7.82. The van der Waals surface area contributed by atoms with Gasteiger partial charge in [0.05, 0.1) is 0 Å². The Morgan fingerprint density at radius 1 is 1.30 bits per heavy atom. The van der Waals surface area contributed by atoms with Crippen LogP contribution in [-0.4, -0.2) is 44.5 Å². The van der Waals surface area contributed by atoms with E-state index in [1.54, 1.807) is 20.8 Å². The molecule has 1 amide bonds. The summed E-state index contributed by atoms with van der Waals surface area (Å²) in [6.07, 6.45) is -4.80. The third-order valence-corrected chi connectivity index (χ3v) is 3.33. The summed E-state index contributed by atoms with van der Waals surface area (Å²) in [7, 11) is -5.27. The van der Waals surface area contributed by atoms with Crippen molar-refractivity contribution in [2.75, 3.05) is 13.1 Å². The Bertz CT molecular complexity index is 579. The van der Waals surface area contributed by atoms with Crippen molar-refractivity contribution in [2.45, 2.75) is 39.7 Å². The van der Waals surface area contributed by atoms with Crippen molar-refractivity contribution >= 4 is 16.5 Å². The maximum absolute atomic E-state index is 12.0. The van der Waals surface area contributed by atoms with Gasteiger partial charge in [-0.3, -0.25) is 0 Å². The number of hydrogen-bond acceptors (Lipinski definition) is 6. The van der Waals surface area contributed by atoms with Crippen molar-refractivity contribution in [1.29, 1.82) is 0 Å². The molecule has 0 saturated carbocycles. The van der Waals surface area contributed by atoms with Crippen molar-refractivity contribution in [1.82, 2.24) is 4.90 Å². The van der Waals surface area contributed by atoms with Crippen molar-refractivity contribution in [3.05, 3.63) is 11.8 Å². The molecule has 0 saturated heterocycles. The number of halogens is 3. The van der Waals surface area contributed by atoms with Crippen LogP contribution in [0.2, 0.25) is 0 Å². The number of ether oxygens (including phenoxy) is 1. The number of nitrogens with zero attached hydrogens (tertiary/aromatic N) is 1. The molecule has 0 aromatic rings. The summed E-state index contributed by atoms with van der Waals surface area (Å²) in [5.74, 6) is -0.878. The molecule has 0 aliphatic carbocycles. The van der Waals surface area contributed by atoms with Gasteiger partial charge in [0.2, 0.25) is 0 Å². The molecule has 1 unspecified atom stereocenters. The van der Waals surface area contributed by atoms with E-state index in [9.17, 15) is 26.4 Å². The second-order valence-corrected chi connectivity index (χ2v) is 7.06. The van der Waals surface area contributed by atoms with Crippen LogP contribution >= 0.6 is 0 Å². The second kappa shape index (κ2) is 6.56. The summed E-state index contributed by atoms with van der Waals surface area (Å²) < 4.78 is 70.6. The Hall–Kier alpha value is -1.49. The molecule has 0 fully saturated rings. The van der Waals surface area contributed by atoms with E-state index in [1.165, 1.54) is 17.9 Å². The molecule has 134 valence electrons. The number of alkyl halides is 3. The van der Waals surface area contributed by atoms with Crippen LogP contribution in [0.5, 0.6) is 0 Å². The molecule has 23 heavy (non-hydrogen) atoms. The van der Waals surface area contributed by atoms with Crippen molar-refractivity contribution < 1.29 is 39.5 Å². The Morgan fingerprint density at radius 2 is 1.87 bits per heavy atom. The van der Waals surface area contributed by atoms with Gasteiger partial charge in [-0.05, 0) is 26.8 Å². The van der Waals surface area contributed by atoms with Crippen LogP contribution in [0.4, 0.5) is 18.0 Å². The molecule has 1 rings (SSSR count). The molecule has 1 atom stereocenters. The van der Waals surface area contributed by atoms with Crippen LogP contribution < -0.4 is 0 Å². The summed E-state index contributed by atoms with van der Waals surface area (Å²) in [5.41, 5.74) is -0.704. The van der Waals surface area contributed by atoms with E-state index >= 15 is 0 Å². The molecule has 0 spiro atoms. The minimum Gasteiger partial charge on any atom is -0.444 e. The predicted molar refractivity (Wildman–Crippen MR) is 72.2 cm³/mol. The summed E-state index contributed by atoms with van der Waals surface area (Å²) in [5, 5.41) is 0. The minimum absolute atomic E-state index is 0.0300. The summed E-state index contributed by atoms with van der Waals surface area (Å²) >= 11 is 0. The Morgan fingerprint density at radius 3 is 2.30 bits per heavy atom. The quantitative estimate of drug-likeness (QED) is 0.768. The van der Waals surface area contributed by atoms with Gasteiger partial charge >= 0.3 is 22.9 Å². The average molecular weight is 361 g/mol. The van der Waals surface area contributed by atoms with E-state index in [0.29, 0.717) is 0 Å². The molecule has 0 bridgehead atoms. The lowest BCUT2D eigenvalue weighted by molar-refractivity contribution is -0.275. The van der Waals surface area contributed by atoms with E-state index < -0.39 is 34.4 Å². The van der Waals surface area contributed by atoms with Crippen LogP contribution in [0.25, 0.3) is 0 Å². The number of rotatable bonds is 3. The van der Waals surface area contributed by atoms with Gasteiger partial charge in [-0.1, -0.05) is 6.92 Å². The summed E-state index contributed by atoms with van der Waals surface area (Å²) in [6.45, 7) is 6.51. The molecule has 0 radical (unpaired) electrons. The SMILES string of the molecule is CC1CN(C(=O)OC(C)(C)C)CC=C1OS(=O)(=O)OC(F)(F)F. The van der Waals surface area contributed by atoms with Crippen LogP contribution in [0.3, 0.4) is 0 Å². The van der Waals surface area contributed by atoms with Gasteiger partial charge in [0.1, 0.15) is 11.4 Å². The smallest absolute Gasteiger partial charge is 0.444 e. The first-order valence-electron chi connectivity index (χ1n) is 6.58. The first-order valence-corrected chi connectivity index (χ1v) is 7.91. The molecular weight excluding hydrogens is 343 g/mol. The normalized spacial score (nSPS) is 20.0. The molecule has 0 aromatic heterocycles. The van der Waals surface area contributed by atoms with Gasteiger partial charge in [-0.15, -0.1) is 17.4 Å². The average Bonchev–Trinajstić information content (AvgIpc) is 2.25. The maximum atomic E-state index is 12.0. The topological polar surface area (TPSA) is 82.1 Å². The monoisotopic (exact) mass is 361 g/mol. The molecule has 0 aromatic carbocycles. The number of carbonyl (C=O) groups excluding carboxylic acids is 1. The Labute approximate surface area is 132 Å². The van der Waals surface area contributed by atoms with Crippen LogP contribution in [0, 0.1) is 5.92 Å². The van der Waals surface area contributed by atoms with Gasteiger partial charge in [0, 0.05) is 19.0 Å². The zero-order valence-electron chi connectivity index (χ0n) is 13.0. The highest BCUT2D eigenvalue weighted by atomic mass is 32.3. The summed E-state index contributed by atoms with van der Waals surface area (Å²) in [6, 6.07) is 0. The lowest BCUT2D eigenvalue weighted by Crippen LogP contribution is -2.42. The molecule has 7 nitrogen and oxygen atoms in total. The van der Waals surface area contributed by atoms with E-state index in [-0.39, 0.29) is 18.8 Å². The number of carbonyl (C=O) groups is 1. The van der Waals surface area contributed by atoms with Crippen LogP contribution in [0.15, 0.2) is 11.8 Å². The highest BCUT2D eigenvalue weighted by Crippen LogP contribution is 2.26.